The van der Waals surface area contributed by atoms with Gasteiger partial charge in [-0.15, -0.1) is 20.4 Å². The van der Waals surface area contributed by atoms with Crippen LogP contribution >= 0.6 is 0 Å². The van der Waals surface area contributed by atoms with Crippen LogP contribution in [0.3, 0.4) is 0 Å². The molecular weight excluding hydrogens is 660 g/mol. The zero-order valence-corrected chi connectivity index (χ0v) is 28.0. The van der Waals surface area contributed by atoms with E-state index in [0.29, 0.717) is 107 Å². The predicted molar refractivity (Wildman–Crippen MR) is 181 cm³/mol. The van der Waals surface area contributed by atoms with Gasteiger partial charge in [0.25, 0.3) is 0 Å². The Hall–Kier alpha value is -5.66. The first-order valence-electron chi connectivity index (χ1n) is 17.1. The Morgan fingerprint density at radius 2 is 1.33 bits per heavy atom. The van der Waals surface area contributed by atoms with Gasteiger partial charge in [-0.25, -0.2) is 13.2 Å². The van der Waals surface area contributed by atoms with Crippen LogP contribution in [-0.2, 0) is 32.2 Å². The summed E-state index contributed by atoms with van der Waals surface area (Å²) >= 11 is 0. The molecule has 0 spiro atoms. The number of hydrogen-bond donors (Lipinski definition) is 1. The van der Waals surface area contributed by atoms with Crippen molar-refractivity contribution in [2.24, 2.45) is 0 Å². The molecule has 258 valence electrons. The number of fused-ring (bicyclic) bond motifs is 6. The van der Waals surface area contributed by atoms with E-state index in [1.807, 2.05) is 23.2 Å². The van der Waals surface area contributed by atoms with Crippen LogP contribution in [0.4, 0.5) is 28.9 Å². The molecular formula is C37H33F4N10+. The van der Waals surface area contributed by atoms with E-state index in [1.165, 1.54) is 24.5 Å². The number of pyridine rings is 2. The van der Waals surface area contributed by atoms with Gasteiger partial charge in [0.15, 0.2) is 12.0 Å². The van der Waals surface area contributed by atoms with E-state index in [-0.39, 0.29) is 12.2 Å². The Bertz CT molecular complexity index is 2380. The van der Waals surface area contributed by atoms with E-state index in [9.17, 15) is 4.39 Å². The molecule has 2 aromatic carbocycles. The van der Waals surface area contributed by atoms with Crippen LogP contribution < -0.4 is 14.8 Å². The summed E-state index contributed by atoms with van der Waals surface area (Å²) in [6.45, 7) is 3.27. The molecule has 0 amide bonds. The number of nitrogens with one attached hydrogen (secondary N) is 1. The van der Waals surface area contributed by atoms with Crippen LogP contribution in [0.2, 0.25) is 0 Å². The molecule has 4 aromatic heterocycles. The molecule has 0 atom stereocenters. The van der Waals surface area contributed by atoms with Crippen molar-refractivity contribution in [3.63, 3.8) is 0 Å². The molecule has 14 heteroatoms. The quantitative estimate of drug-likeness (QED) is 0.179. The van der Waals surface area contributed by atoms with Crippen LogP contribution in [0.25, 0.3) is 33.6 Å². The SMILES string of the molecule is CNc1c(F)cncc1-c1cc(F)c2c(c1)CCc1nnc(C[n+]3cc(F)c(N4CCCC4)c(-c4cc(F)c5c(c4)CCc4nnc(C)n4-5)c3)n1-2. The second-order valence-electron chi connectivity index (χ2n) is 13.3. The minimum Gasteiger partial charge on any atom is -0.385 e. The molecule has 0 saturated carbocycles. The summed E-state index contributed by atoms with van der Waals surface area (Å²) < 4.78 is 68.2. The number of benzene rings is 2. The van der Waals surface area contributed by atoms with Gasteiger partial charge in [0, 0.05) is 44.7 Å². The topological polar surface area (TPSA) is 93.5 Å². The zero-order valence-electron chi connectivity index (χ0n) is 28.0. The number of aromatic nitrogens is 8. The molecule has 0 bridgehead atoms. The van der Waals surface area contributed by atoms with E-state index >= 15 is 13.2 Å². The fraction of sp³-hybridized carbons (Fsp3) is 0.297. The van der Waals surface area contributed by atoms with Gasteiger partial charge in [-0.05, 0) is 79.1 Å². The number of anilines is 2. The van der Waals surface area contributed by atoms with Gasteiger partial charge in [-0.3, -0.25) is 14.1 Å². The summed E-state index contributed by atoms with van der Waals surface area (Å²) in [5.74, 6) is 0.403. The van der Waals surface area contributed by atoms with E-state index in [0.717, 1.165) is 24.6 Å². The Morgan fingerprint density at radius 3 is 2.04 bits per heavy atom. The molecule has 1 saturated heterocycles. The highest BCUT2D eigenvalue weighted by Crippen LogP contribution is 2.39. The average Bonchev–Trinajstić information content (AvgIpc) is 3.89. The Labute approximate surface area is 290 Å². The number of hydrogen-bond acceptors (Lipinski definition) is 7. The third-order valence-electron chi connectivity index (χ3n) is 10.2. The van der Waals surface area contributed by atoms with Gasteiger partial charge in [0.1, 0.15) is 29.1 Å². The van der Waals surface area contributed by atoms with Crippen LogP contribution in [0, 0.1) is 30.2 Å². The second-order valence-corrected chi connectivity index (χ2v) is 13.3. The Balaban J connectivity index is 1.13. The van der Waals surface area contributed by atoms with Crippen LogP contribution in [0.15, 0.2) is 49.1 Å². The predicted octanol–water partition coefficient (Wildman–Crippen LogP) is 5.62. The Morgan fingerprint density at radius 1 is 0.686 bits per heavy atom. The number of rotatable bonds is 6. The van der Waals surface area contributed by atoms with Crippen molar-refractivity contribution >= 4 is 11.4 Å². The normalized spacial score (nSPS) is 14.7. The van der Waals surface area contributed by atoms with Gasteiger partial charge in [-0.2, -0.15) is 8.96 Å². The van der Waals surface area contributed by atoms with E-state index in [2.05, 4.69) is 30.7 Å². The largest absolute Gasteiger partial charge is 0.385 e. The van der Waals surface area contributed by atoms with E-state index in [4.69, 9.17) is 0 Å². The number of halogens is 4. The molecule has 10 nitrogen and oxygen atoms in total. The lowest BCUT2D eigenvalue weighted by Gasteiger charge is -2.24. The van der Waals surface area contributed by atoms with Crippen molar-refractivity contribution in [1.29, 1.82) is 0 Å². The third-order valence-corrected chi connectivity index (χ3v) is 10.2. The zero-order chi connectivity index (χ0) is 35.0. The smallest absolute Gasteiger partial charge is 0.210 e. The third kappa shape index (κ3) is 5.06. The monoisotopic (exact) mass is 693 g/mol. The summed E-state index contributed by atoms with van der Waals surface area (Å²) in [5, 5.41) is 20.0. The molecule has 6 aromatic rings. The maximum atomic E-state index is 16.3. The maximum absolute atomic E-state index is 16.3. The minimum atomic E-state index is -0.534. The first-order chi connectivity index (χ1) is 24.8. The fourth-order valence-electron chi connectivity index (χ4n) is 7.97. The van der Waals surface area contributed by atoms with E-state index in [1.54, 1.807) is 27.7 Å². The highest BCUT2D eigenvalue weighted by Gasteiger charge is 2.31. The summed E-state index contributed by atoms with van der Waals surface area (Å²) in [7, 11) is 1.60. The summed E-state index contributed by atoms with van der Waals surface area (Å²) in [6.07, 6.45) is 9.93. The maximum Gasteiger partial charge on any atom is 0.210 e. The lowest BCUT2D eigenvalue weighted by Crippen LogP contribution is -2.37. The van der Waals surface area contributed by atoms with Gasteiger partial charge in [0.2, 0.25) is 24.4 Å². The van der Waals surface area contributed by atoms with Crippen molar-refractivity contribution in [2.75, 3.05) is 30.4 Å². The molecule has 3 aliphatic heterocycles. The van der Waals surface area contributed by atoms with Crippen molar-refractivity contribution in [1.82, 2.24) is 34.5 Å². The molecule has 7 heterocycles. The van der Waals surface area contributed by atoms with Crippen molar-refractivity contribution in [3.8, 4) is 33.6 Å². The standard InChI is InChI=1S/C37H33F4N10/c1-20-44-45-31-7-5-21-12-24(14-27(38)35(21)50(20)31)26-17-48(18-30(41)37(26)49-9-3-4-10-49)19-33-47-46-32-8-6-22-11-23(13-28(39)36(22)51(32)33)25-15-43-16-29(40)34(25)42-2/h11-18H,3-10,19H2,1-2H3,(H,42,43)/q+1. The Kier molecular flexibility index (Phi) is 7.37. The van der Waals surface area contributed by atoms with Crippen LogP contribution in [0.1, 0.15) is 47.3 Å². The molecule has 51 heavy (non-hydrogen) atoms. The molecule has 0 radical (unpaired) electrons. The van der Waals surface area contributed by atoms with Crippen molar-refractivity contribution in [2.45, 2.75) is 52.0 Å². The summed E-state index contributed by atoms with van der Waals surface area (Å²) in [6, 6.07) is 6.60. The highest BCUT2D eigenvalue weighted by atomic mass is 19.1. The van der Waals surface area contributed by atoms with Gasteiger partial charge in [0.05, 0.1) is 34.5 Å². The molecule has 1 fully saturated rings. The molecule has 9 rings (SSSR count). The first-order valence-corrected chi connectivity index (χ1v) is 17.1. The minimum absolute atomic E-state index is 0.0756. The van der Waals surface area contributed by atoms with Crippen molar-refractivity contribution < 1.29 is 22.1 Å². The van der Waals surface area contributed by atoms with Gasteiger partial charge >= 0.3 is 0 Å². The van der Waals surface area contributed by atoms with Crippen molar-refractivity contribution in [3.05, 3.63) is 107 Å². The highest BCUT2D eigenvalue weighted by molar-refractivity contribution is 5.80. The molecule has 0 unspecified atom stereocenters. The second kappa shape index (κ2) is 12.0. The van der Waals surface area contributed by atoms with E-state index < -0.39 is 23.3 Å². The van der Waals surface area contributed by atoms with Gasteiger partial charge < -0.3 is 10.2 Å². The summed E-state index contributed by atoms with van der Waals surface area (Å²) in [4.78, 5) is 6.00. The fourth-order valence-corrected chi connectivity index (χ4v) is 7.97. The average molecular weight is 694 g/mol. The summed E-state index contributed by atoms with van der Waals surface area (Å²) in [5.41, 5.74) is 4.98. The lowest BCUT2D eigenvalue weighted by molar-refractivity contribution is -0.690. The number of nitrogens with zero attached hydrogens (tertiary/aromatic N) is 9. The van der Waals surface area contributed by atoms with Crippen LogP contribution in [0.5, 0.6) is 0 Å². The lowest BCUT2D eigenvalue weighted by atomic mass is 9.96. The molecule has 1 N–H and O–H groups in total. The van der Waals surface area contributed by atoms with Gasteiger partial charge in [-0.1, -0.05) is 0 Å². The molecule has 3 aliphatic rings. The number of aryl methyl sites for hydroxylation is 5. The first kappa shape index (κ1) is 31.3. The van der Waals surface area contributed by atoms with Crippen LogP contribution in [-0.4, -0.2) is 54.7 Å². The molecule has 0 aliphatic carbocycles.